The van der Waals surface area contributed by atoms with E-state index < -0.39 is 6.04 Å². The molecule has 1 aromatic carbocycles. The Balaban J connectivity index is 1.97. The Labute approximate surface area is 147 Å². The molecule has 0 bridgehead atoms. The number of nitrogens with two attached hydrogens (primary N) is 1. The number of para-hydroxylation sites is 1. The van der Waals surface area contributed by atoms with Crippen LogP contribution in [0, 0.1) is 5.92 Å². The number of hydrogen-bond acceptors (Lipinski definition) is 4. The highest BCUT2D eigenvalue weighted by atomic mass is 16.2. The number of nitrogens with one attached hydrogen (secondary N) is 2. The average molecular weight is 343 g/mol. The lowest BCUT2D eigenvalue weighted by atomic mass is 10.1. The lowest BCUT2D eigenvalue weighted by Gasteiger charge is -2.19. The van der Waals surface area contributed by atoms with Crippen molar-refractivity contribution in [1.29, 1.82) is 0 Å². The average Bonchev–Trinajstić information content (AvgIpc) is 3.13. The minimum Gasteiger partial charge on any atom is -0.348 e. The highest BCUT2D eigenvalue weighted by Gasteiger charge is 2.19. The Morgan fingerprint density at radius 1 is 1.20 bits per heavy atom. The second-order valence-electron chi connectivity index (χ2n) is 6.29. The molecule has 0 aliphatic heterocycles. The summed E-state index contributed by atoms with van der Waals surface area (Å²) >= 11 is 0. The zero-order valence-corrected chi connectivity index (χ0v) is 14.8. The number of benzene rings is 1. The molecule has 4 N–H and O–H groups in total. The Hall–Kier alpha value is -2.67. The summed E-state index contributed by atoms with van der Waals surface area (Å²) in [6, 6.07) is 8.70. The maximum absolute atomic E-state index is 12.1. The number of nitrogens with zero attached hydrogens (tertiary/aromatic N) is 2. The van der Waals surface area contributed by atoms with Gasteiger partial charge in [0.2, 0.25) is 11.8 Å². The molecular formula is C18H25N5O2. The van der Waals surface area contributed by atoms with E-state index >= 15 is 0 Å². The van der Waals surface area contributed by atoms with E-state index in [4.69, 9.17) is 5.73 Å². The van der Waals surface area contributed by atoms with Gasteiger partial charge in [0.1, 0.15) is 0 Å². The minimum absolute atomic E-state index is 0.0166. The molecule has 0 spiro atoms. The standard InChI is InChI=1S/C18H25N5O2/c1-12(2)17(19)18(25)20-11-16(24)22-13(3)14-7-4-5-8-15(14)23-10-6-9-21-23/h4-10,12-13,17H,11,19H2,1-3H3,(H,20,25)(H,22,24)/t13?,17-/m0/s1. The third-order valence-electron chi connectivity index (χ3n) is 3.98. The summed E-state index contributed by atoms with van der Waals surface area (Å²) in [5.41, 5.74) is 7.59. The molecule has 2 atom stereocenters. The molecule has 7 nitrogen and oxygen atoms in total. The number of amides is 2. The first kappa shape index (κ1) is 18.7. The second kappa shape index (κ2) is 8.43. The lowest BCUT2D eigenvalue weighted by Crippen LogP contribution is -2.47. The van der Waals surface area contributed by atoms with Crippen molar-refractivity contribution in [2.75, 3.05) is 6.54 Å². The van der Waals surface area contributed by atoms with Crippen molar-refractivity contribution in [3.8, 4) is 5.69 Å². The van der Waals surface area contributed by atoms with Gasteiger partial charge in [0.05, 0.1) is 24.3 Å². The molecule has 1 aromatic heterocycles. The zero-order valence-electron chi connectivity index (χ0n) is 14.8. The SMILES string of the molecule is CC(NC(=O)CNC(=O)[C@@H](N)C(C)C)c1ccccc1-n1cccn1. The molecule has 2 amide bonds. The van der Waals surface area contributed by atoms with Gasteiger partial charge >= 0.3 is 0 Å². The van der Waals surface area contributed by atoms with Crippen LogP contribution < -0.4 is 16.4 Å². The monoisotopic (exact) mass is 343 g/mol. The predicted octanol–water partition coefficient (Wildman–Crippen LogP) is 1.15. The summed E-state index contributed by atoms with van der Waals surface area (Å²) in [6.07, 6.45) is 3.55. The van der Waals surface area contributed by atoms with Crippen LogP contribution in [0.2, 0.25) is 0 Å². The number of aromatic nitrogens is 2. The van der Waals surface area contributed by atoms with Gasteiger partial charge in [-0.15, -0.1) is 0 Å². The zero-order chi connectivity index (χ0) is 18.4. The van der Waals surface area contributed by atoms with Crippen LogP contribution in [0.1, 0.15) is 32.4 Å². The molecule has 134 valence electrons. The van der Waals surface area contributed by atoms with Gasteiger partial charge in [-0.2, -0.15) is 5.10 Å². The van der Waals surface area contributed by atoms with Crippen LogP contribution in [0.15, 0.2) is 42.7 Å². The van der Waals surface area contributed by atoms with E-state index in [0.717, 1.165) is 11.3 Å². The van der Waals surface area contributed by atoms with Crippen molar-refractivity contribution >= 4 is 11.8 Å². The van der Waals surface area contributed by atoms with E-state index in [9.17, 15) is 9.59 Å². The highest BCUT2D eigenvalue weighted by molar-refractivity contribution is 5.87. The van der Waals surface area contributed by atoms with Crippen LogP contribution in [-0.2, 0) is 9.59 Å². The molecule has 0 radical (unpaired) electrons. The van der Waals surface area contributed by atoms with E-state index in [1.807, 2.05) is 57.3 Å². The molecule has 1 heterocycles. The van der Waals surface area contributed by atoms with Gasteiger partial charge in [-0.25, -0.2) is 4.68 Å². The molecule has 0 fully saturated rings. The maximum atomic E-state index is 12.1. The maximum Gasteiger partial charge on any atom is 0.239 e. The topological polar surface area (TPSA) is 102 Å². The molecule has 7 heteroatoms. The molecule has 0 aliphatic carbocycles. The van der Waals surface area contributed by atoms with Crippen molar-refractivity contribution in [3.63, 3.8) is 0 Å². The number of rotatable bonds is 7. The van der Waals surface area contributed by atoms with Crippen molar-refractivity contribution in [2.24, 2.45) is 11.7 Å². The largest absolute Gasteiger partial charge is 0.348 e. The van der Waals surface area contributed by atoms with Gasteiger partial charge in [-0.3, -0.25) is 9.59 Å². The van der Waals surface area contributed by atoms with Gasteiger partial charge in [0.25, 0.3) is 0 Å². The highest BCUT2D eigenvalue weighted by Crippen LogP contribution is 2.20. The fraction of sp³-hybridized carbons (Fsp3) is 0.389. The molecular weight excluding hydrogens is 318 g/mol. The van der Waals surface area contributed by atoms with E-state index in [2.05, 4.69) is 15.7 Å². The van der Waals surface area contributed by atoms with E-state index in [0.29, 0.717) is 0 Å². The molecule has 0 saturated heterocycles. The first-order valence-corrected chi connectivity index (χ1v) is 8.31. The quantitative estimate of drug-likeness (QED) is 0.702. The number of carbonyl (C=O) groups excluding carboxylic acids is 2. The summed E-state index contributed by atoms with van der Waals surface area (Å²) in [6.45, 7) is 5.51. The van der Waals surface area contributed by atoms with Gasteiger partial charge in [-0.1, -0.05) is 32.0 Å². The van der Waals surface area contributed by atoms with E-state index in [-0.39, 0.29) is 30.3 Å². The van der Waals surface area contributed by atoms with Crippen LogP contribution in [0.4, 0.5) is 0 Å². The van der Waals surface area contributed by atoms with Crippen LogP contribution in [-0.4, -0.2) is 34.2 Å². The molecule has 1 unspecified atom stereocenters. The first-order chi connectivity index (χ1) is 11.9. The van der Waals surface area contributed by atoms with Crippen LogP contribution in [0.25, 0.3) is 5.69 Å². The molecule has 0 saturated carbocycles. The normalized spacial score (nSPS) is 13.3. The predicted molar refractivity (Wildman–Crippen MR) is 95.9 cm³/mol. The number of carbonyl (C=O) groups is 2. The fourth-order valence-corrected chi connectivity index (χ4v) is 2.43. The summed E-state index contributed by atoms with van der Waals surface area (Å²) in [4.78, 5) is 24.0. The summed E-state index contributed by atoms with van der Waals surface area (Å²) in [5, 5.41) is 9.69. The van der Waals surface area contributed by atoms with Gasteiger partial charge in [0, 0.05) is 12.4 Å². The molecule has 2 rings (SSSR count). The fourth-order valence-electron chi connectivity index (χ4n) is 2.43. The van der Waals surface area contributed by atoms with Gasteiger partial charge in [-0.05, 0) is 30.5 Å². The third-order valence-corrected chi connectivity index (χ3v) is 3.98. The van der Waals surface area contributed by atoms with Crippen LogP contribution >= 0.6 is 0 Å². The summed E-state index contributed by atoms with van der Waals surface area (Å²) in [5.74, 6) is -0.579. The molecule has 2 aromatic rings. The van der Waals surface area contributed by atoms with Crippen molar-refractivity contribution < 1.29 is 9.59 Å². The van der Waals surface area contributed by atoms with E-state index in [1.54, 1.807) is 10.9 Å². The van der Waals surface area contributed by atoms with Gasteiger partial charge in [0.15, 0.2) is 0 Å². The van der Waals surface area contributed by atoms with E-state index in [1.165, 1.54) is 0 Å². The Morgan fingerprint density at radius 3 is 2.56 bits per heavy atom. The summed E-state index contributed by atoms with van der Waals surface area (Å²) in [7, 11) is 0. The second-order valence-corrected chi connectivity index (χ2v) is 6.29. The third kappa shape index (κ3) is 4.90. The number of hydrogen-bond donors (Lipinski definition) is 3. The van der Waals surface area contributed by atoms with Crippen LogP contribution in [0.5, 0.6) is 0 Å². The minimum atomic E-state index is -0.620. The van der Waals surface area contributed by atoms with Crippen LogP contribution in [0.3, 0.4) is 0 Å². The molecule has 0 aliphatic rings. The summed E-state index contributed by atoms with van der Waals surface area (Å²) < 4.78 is 1.75. The van der Waals surface area contributed by atoms with Gasteiger partial charge < -0.3 is 16.4 Å². The van der Waals surface area contributed by atoms with Crippen molar-refractivity contribution in [3.05, 3.63) is 48.3 Å². The Morgan fingerprint density at radius 2 is 1.92 bits per heavy atom. The Bertz CT molecular complexity index is 712. The Kier molecular flexibility index (Phi) is 6.30. The van der Waals surface area contributed by atoms with Crippen molar-refractivity contribution in [2.45, 2.75) is 32.9 Å². The first-order valence-electron chi connectivity index (χ1n) is 8.31. The molecule has 25 heavy (non-hydrogen) atoms. The lowest BCUT2D eigenvalue weighted by molar-refractivity contribution is -0.127. The smallest absolute Gasteiger partial charge is 0.239 e. The van der Waals surface area contributed by atoms with Crippen molar-refractivity contribution in [1.82, 2.24) is 20.4 Å².